The summed E-state index contributed by atoms with van der Waals surface area (Å²) in [5.41, 5.74) is 1.13. The van der Waals surface area contributed by atoms with Crippen LogP contribution in [0.2, 0.25) is 0 Å². The minimum atomic E-state index is -2.89. The molecule has 1 saturated heterocycles. The van der Waals surface area contributed by atoms with E-state index >= 15 is 0 Å². The quantitative estimate of drug-likeness (QED) is 0.753. The van der Waals surface area contributed by atoms with E-state index in [-0.39, 0.29) is 11.3 Å². The average molecular weight is 245 g/mol. The minimum Gasteiger partial charge on any atom is -0.315 e. The Morgan fingerprint density at radius 1 is 1.50 bits per heavy atom. The summed E-state index contributed by atoms with van der Waals surface area (Å²) in [5, 5.41) is 2.94. The van der Waals surface area contributed by atoms with E-state index in [0.29, 0.717) is 5.75 Å². The molecule has 0 aromatic rings. The van der Waals surface area contributed by atoms with Gasteiger partial charge in [-0.05, 0) is 32.7 Å². The standard InChI is InChI=1S/C12H23NO2S/c1-4-10(2)9-11(13-3)12-7-5-6-8-16(12,14)15/h11-13H,2,4-9H2,1,3H3. The van der Waals surface area contributed by atoms with Crippen molar-refractivity contribution in [1.29, 1.82) is 0 Å². The van der Waals surface area contributed by atoms with E-state index in [1.807, 2.05) is 7.05 Å². The number of hydrogen-bond donors (Lipinski definition) is 1. The van der Waals surface area contributed by atoms with Crippen LogP contribution in [0, 0.1) is 0 Å². The van der Waals surface area contributed by atoms with Crippen LogP contribution in [0.5, 0.6) is 0 Å². The van der Waals surface area contributed by atoms with Gasteiger partial charge in [-0.2, -0.15) is 0 Å². The molecule has 1 aliphatic rings. The normalized spacial score (nSPS) is 26.2. The first-order chi connectivity index (χ1) is 7.51. The van der Waals surface area contributed by atoms with Crippen LogP contribution < -0.4 is 5.32 Å². The Bertz CT molecular complexity index is 335. The summed E-state index contributed by atoms with van der Waals surface area (Å²) >= 11 is 0. The van der Waals surface area contributed by atoms with E-state index in [4.69, 9.17) is 0 Å². The Morgan fingerprint density at radius 2 is 2.19 bits per heavy atom. The maximum Gasteiger partial charge on any atom is 0.154 e. The number of nitrogens with one attached hydrogen (secondary N) is 1. The molecule has 1 heterocycles. The van der Waals surface area contributed by atoms with E-state index in [0.717, 1.165) is 37.7 Å². The molecule has 94 valence electrons. The van der Waals surface area contributed by atoms with Crippen molar-refractivity contribution in [2.45, 2.75) is 50.3 Å². The highest BCUT2D eigenvalue weighted by atomic mass is 32.2. The molecule has 2 atom stereocenters. The first-order valence-electron chi connectivity index (χ1n) is 6.06. The molecule has 1 aliphatic heterocycles. The lowest BCUT2D eigenvalue weighted by atomic mass is 9.99. The SMILES string of the molecule is C=C(CC)CC(NC)C1CCCCS1(=O)=O. The highest BCUT2D eigenvalue weighted by molar-refractivity contribution is 7.92. The largest absolute Gasteiger partial charge is 0.315 e. The zero-order chi connectivity index (χ0) is 12.2. The van der Waals surface area contributed by atoms with Crippen molar-refractivity contribution in [2.75, 3.05) is 12.8 Å². The number of rotatable bonds is 5. The van der Waals surface area contributed by atoms with Crippen molar-refractivity contribution < 1.29 is 8.42 Å². The molecule has 1 N–H and O–H groups in total. The molecule has 0 aromatic carbocycles. The molecule has 0 bridgehead atoms. The first kappa shape index (κ1) is 13.7. The second kappa shape index (κ2) is 5.82. The molecule has 0 aliphatic carbocycles. The Hall–Kier alpha value is -0.350. The molecule has 0 saturated carbocycles. The van der Waals surface area contributed by atoms with Crippen molar-refractivity contribution in [3.8, 4) is 0 Å². The summed E-state index contributed by atoms with van der Waals surface area (Å²) in [6.45, 7) is 6.03. The summed E-state index contributed by atoms with van der Waals surface area (Å²) < 4.78 is 24.0. The summed E-state index contributed by atoms with van der Waals surface area (Å²) in [6.07, 6.45) is 4.34. The van der Waals surface area contributed by atoms with Crippen LogP contribution in [-0.4, -0.2) is 32.5 Å². The molecular weight excluding hydrogens is 222 g/mol. The lowest BCUT2D eigenvalue weighted by Gasteiger charge is -2.30. The second-order valence-corrected chi connectivity index (χ2v) is 6.94. The van der Waals surface area contributed by atoms with Gasteiger partial charge in [-0.3, -0.25) is 0 Å². The molecule has 0 spiro atoms. The van der Waals surface area contributed by atoms with Crippen LogP contribution in [0.3, 0.4) is 0 Å². The number of sulfone groups is 1. The van der Waals surface area contributed by atoms with E-state index in [1.54, 1.807) is 0 Å². The third kappa shape index (κ3) is 3.32. The summed E-state index contributed by atoms with van der Waals surface area (Å²) in [7, 11) is -1.05. The van der Waals surface area contributed by atoms with Crippen LogP contribution in [0.15, 0.2) is 12.2 Å². The fourth-order valence-corrected chi connectivity index (χ4v) is 4.47. The van der Waals surface area contributed by atoms with Gasteiger partial charge in [0.15, 0.2) is 9.84 Å². The van der Waals surface area contributed by atoms with Gasteiger partial charge in [0.2, 0.25) is 0 Å². The Morgan fingerprint density at radius 3 is 2.69 bits per heavy atom. The maximum absolute atomic E-state index is 12.0. The highest BCUT2D eigenvalue weighted by Gasteiger charge is 2.34. The predicted molar refractivity (Wildman–Crippen MR) is 68.3 cm³/mol. The molecule has 1 fully saturated rings. The lowest BCUT2D eigenvalue weighted by Crippen LogP contribution is -2.45. The summed E-state index contributed by atoms with van der Waals surface area (Å²) in [4.78, 5) is 0. The molecule has 0 amide bonds. The monoisotopic (exact) mass is 245 g/mol. The molecule has 2 unspecified atom stereocenters. The van der Waals surface area contributed by atoms with E-state index in [2.05, 4.69) is 18.8 Å². The Labute approximate surface area is 99.2 Å². The molecule has 0 aromatic heterocycles. The van der Waals surface area contributed by atoms with Crippen LogP contribution in [-0.2, 0) is 9.84 Å². The minimum absolute atomic E-state index is 0.0396. The summed E-state index contributed by atoms with van der Waals surface area (Å²) in [6, 6.07) is 0.0396. The van der Waals surface area contributed by atoms with Crippen molar-refractivity contribution in [1.82, 2.24) is 5.32 Å². The lowest BCUT2D eigenvalue weighted by molar-refractivity contribution is 0.453. The van der Waals surface area contributed by atoms with Crippen LogP contribution in [0.1, 0.15) is 39.0 Å². The van der Waals surface area contributed by atoms with Gasteiger partial charge in [0, 0.05) is 6.04 Å². The first-order valence-corrected chi connectivity index (χ1v) is 7.78. The summed E-state index contributed by atoms with van der Waals surface area (Å²) in [5.74, 6) is 0.356. The van der Waals surface area contributed by atoms with Crippen LogP contribution in [0.25, 0.3) is 0 Å². The highest BCUT2D eigenvalue weighted by Crippen LogP contribution is 2.25. The van der Waals surface area contributed by atoms with Gasteiger partial charge in [-0.15, -0.1) is 0 Å². The predicted octanol–water partition coefficient (Wildman–Crippen LogP) is 1.90. The molecular formula is C12H23NO2S. The van der Waals surface area contributed by atoms with Gasteiger partial charge in [-0.25, -0.2) is 8.42 Å². The topological polar surface area (TPSA) is 46.2 Å². The van der Waals surface area contributed by atoms with Gasteiger partial charge >= 0.3 is 0 Å². The van der Waals surface area contributed by atoms with Gasteiger partial charge in [0.25, 0.3) is 0 Å². The molecule has 4 heteroatoms. The zero-order valence-electron chi connectivity index (χ0n) is 10.3. The molecule has 16 heavy (non-hydrogen) atoms. The third-order valence-electron chi connectivity index (χ3n) is 3.46. The molecule has 1 rings (SSSR count). The van der Waals surface area contributed by atoms with Gasteiger partial charge in [0.05, 0.1) is 11.0 Å². The van der Waals surface area contributed by atoms with Crippen molar-refractivity contribution >= 4 is 9.84 Å². The van der Waals surface area contributed by atoms with E-state index in [1.165, 1.54) is 0 Å². The average Bonchev–Trinajstić information content (AvgIpc) is 2.25. The third-order valence-corrected chi connectivity index (χ3v) is 5.80. The zero-order valence-corrected chi connectivity index (χ0v) is 11.1. The maximum atomic E-state index is 12.0. The van der Waals surface area contributed by atoms with Crippen LogP contribution >= 0.6 is 0 Å². The second-order valence-electron chi connectivity index (χ2n) is 4.60. The Balaban J connectivity index is 2.74. The fourth-order valence-electron chi connectivity index (χ4n) is 2.31. The molecule has 0 radical (unpaired) electrons. The van der Waals surface area contributed by atoms with E-state index in [9.17, 15) is 8.42 Å². The van der Waals surface area contributed by atoms with Crippen molar-refractivity contribution in [2.24, 2.45) is 0 Å². The van der Waals surface area contributed by atoms with Crippen molar-refractivity contribution in [3.63, 3.8) is 0 Å². The number of hydrogen-bond acceptors (Lipinski definition) is 3. The Kier molecular flexibility index (Phi) is 4.99. The smallest absolute Gasteiger partial charge is 0.154 e. The fraction of sp³-hybridized carbons (Fsp3) is 0.833. The van der Waals surface area contributed by atoms with Crippen molar-refractivity contribution in [3.05, 3.63) is 12.2 Å². The van der Waals surface area contributed by atoms with Crippen LogP contribution in [0.4, 0.5) is 0 Å². The molecule has 3 nitrogen and oxygen atoms in total. The van der Waals surface area contributed by atoms with Gasteiger partial charge < -0.3 is 5.32 Å². The van der Waals surface area contributed by atoms with E-state index < -0.39 is 9.84 Å². The van der Waals surface area contributed by atoms with Gasteiger partial charge in [-0.1, -0.05) is 25.5 Å². The van der Waals surface area contributed by atoms with Gasteiger partial charge in [0.1, 0.15) is 0 Å².